The van der Waals surface area contributed by atoms with Gasteiger partial charge in [0, 0.05) is 13.0 Å². The van der Waals surface area contributed by atoms with Crippen molar-refractivity contribution in [3.05, 3.63) is 59.7 Å². The highest BCUT2D eigenvalue weighted by Crippen LogP contribution is 2.44. The predicted octanol–water partition coefficient (Wildman–Crippen LogP) is 2.92. The van der Waals surface area contributed by atoms with Gasteiger partial charge in [-0.3, -0.25) is 9.63 Å². The van der Waals surface area contributed by atoms with Crippen molar-refractivity contribution in [1.29, 1.82) is 0 Å². The lowest BCUT2D eigenvalue weighted by Crippen LogP contribution is -2.63. The molecule has 0 saturated heterocycles. The molecule has 162 valence electrons. The maximum atomic E-state index is 12.7. The number of carbonyl (C=O) groups excluding carboxylic acids is 2. The molecule has 8 heteroatoms. The Kier molecular flexibility index (Phi) is 5.65. The minimum absolute atomic E-state index is 0.0761. The molecule has 2 aliphatic carbocycles. The van der Waals surface area contributed by atoms with Gasteiger partial charge < -0.3 is 15.2 Å². The molecule has 0 atom stereocenters. The summed E-state index contributed by atoms with van der Waals surface area (Å²) in [4.78, 5) is 40.9. The number of likely N-dealkylation sites (N-methyl/N-ethyl adjacent to an activating group) is 1. The molecule has 0 aromatic heterocycles. The predicted molar refractivity (Wildman–Crippen MR) is 111 cm³/mol. The highest BCUT2D eigenvalue weighted by Gasteiger charge is 2.48. The number of carboxylic acid groups (broad SMARTS) is 1. The van der Waals surface area contributed by atoms with Crippen molar-refractivity contribution in [3.8, 4) is 11.1 Å². The number of carboxylic acids is 1. The van der Waals surface area contributed by atoms with Gasteiger partial charge >= 0.3 is 12.1 Å². The molecule has 2 N–H and O–H groups in total. The van der Waals surface area contributed by atoms with Crippen LogP contribution < -0.4 is 5.32 Å². The highest BCUT2D eigenvalue weighted by atomic mass is 16.7. The summed E-state index contributed by atoms with van der Waals surface area (Å²) in [5, 5.41) is 12.3. The number of hydroxylamine groups is 2. The molecule has 0 aliphatic heterocycles. The third-order valence-electron chi connectivity index (χ3n) is 5.97. The van der Waals surface area contributed by atoms with Crippen LogP contribution in [-0.2, 0) is 19.2 Å². The van der Waals surface area contributed by atoms with Gasteiger partial charge in [-0.05, 0) is 41.5 Å². The van der Waals surface area contributed by atoms with E-state index in [0.29, 0.717) is 12.8 Å². The van der Waals surface area contributed by atoms with Crippen LogP contribution >= 0.6 is 0 Å². The van der Waals surface area contributed by atoms with Gasteiger partial charge in [0.05, 0.1) is 0 Å². The Hall–Kier alpha value is -3.39. The molecular weight excluding hydrogens is 400 g/mol. The quantitative estimate of drug-likeness (QED) is 0.662. The van der Waals surface area contributed by atoms with Crippen LogP contribution in [0, 0.1) is 0 Å². The fourth-order valence-electron chi connectivity index (χ4n) is 4.26. The fraction of sp³-hybridized carbons (Fsp3) is 0.348. The average molecular weight is 424 g/mol. The molecule has 1 saturated carbocycles. The van der Waals surface area contributed by atoms with Gasteiger partial charge in [-0.1, -0.05) is 48.5 Å². The van der Waals surface area contributed by atoms with Crippen molar-refractivity contribution >= 4 is 18.0 Å². The zero-order chi connectivity index (χ0) is 22.0. The first-order valence-corrected chi connectivity index (χ1v) is 10.2. The molecule has 31 heavy (non-hydrogen) atoms. The van der Waals surface area contributed by atoms with Gasteiger partial charge in [0.15, 0.2) is 6.61 Å². The number of nitrogens with zero attached hydrogens (tertiary/aromatic N) is 1. The largest absolute Gasteiger partial charge is 0.479 e. The van der Waals surface area contributed by atoms with Crippen LogP contribution in [0.1, 0.15) is 36.3 Å². The summed E-state index contributed by atoms with van der Waals surface area (Å²) < 4.78 is 5.54. The summed E-state index contributed by atoms with van der Waals surface area (Å²) in [5.74, 6) is -1.76. The molecule has 0 heterocycles. The first kappa shape index (κ1) is 20.9. The number of carbonyl (C=O) groups is 3. The zero-order valence-corrected chi connectivity index (χ0v) is 17.2. The minimum Gasteiger partial charge on any atom is -0.479 e. The van der Waals surface area contributed by atoms with Crippen LogP contribution in [0.3, 0.4) is 0 Å². The van der Waals surface area contributed by atoms with E-state index < -0.39 is 30.1 Å². The highest BCUT2D eigenvalue weighted by molar-refractivity contribution is 5.90. The van der Waals surface area contributed by atoms with Gasteiger partial charge in [-0.15, -0.1) is 0 Å². The van der Waals surface area contributed by atoms with Crippen molar-refractivity contribution in [1.82, 2.24) is 10.4 Å². The number of rotatable bonds is 7. The Morgan fingerprint density at radius 1 is 1.06 bits per heavy atom. The van der Waals surface area contributed by atoms with Crippen molar-refractivity contribution in [2.45, 2.75) is 30.7 Å². The normalized spacial score (nSPS) is 15.9. The van der Waals surface area contributed by atoms with Crippen molar-refractivity contribution in [2.75, 3.05) is 20.3 Å². The number of ether oxygens (including phenoxy) is 1. The van der Waals surface area contributed by atoms with Gasteiger partial charge in [0.1, 0.15) is 12.1 Å². The fourth-order valence-corrected chi connectivity index (χ4v) is 4.26. The summed E-state index contributed by atoms with van der Waals surface area (Å²) >= 11 is 0. The maximum absolute atomic E-state index is 12.7. The Morgan fingerprint density at radius 3 is 2.16 bits per heavy atom. The van der Waals surface area contributed by atoms with E-state index in [1.54, 1.807) is 0 Å². The second-order valence-corrected chi connectivity index (χ2v) is 7.86. The van der Waals surface area contributed by atoms with E-state index in [0.717, 1.165) is 33.7 Å². The number of hydrogen-bond donors (Lipinski definition) is 2. The molecule has 2 aliphatic rings. The second kappa shape index (κ2) is 8.39. The molecule has 2 amide bonds. The first-order chi connectivity index (χ1) is 14.9. The Labute approximate surface area is 179 Å². The molecule has 1 fully saturated rings. The molecule has 2 aromatic rings. The SMILES string of the molecule is CN(OCC(=O)O)C(=O)C1(NC(=O)OCC2c3ccccc3-c3ccccc32)CCC1. The zero-order valence-electron chi connectivity index (χ0n) is 17.2. The van der Waals surface area contributed by atoms with Crippen LogP contribution in [0.4, 0.5) is 4.79 Å². The summed E-state index contributed by atoms with van der Waals surface area (Å²) in [6.45, 7) is -0.487. The Bertz CT molecular complexity index is 971. The molecular formula is C23H24N2O6. The van der Waals surface area contributed by atoms with Crippen LogP contribution in [0.2, 0.25) is 0 Å². The smallest absolute Gasteiger partial charge is 0.408 e. The molecule has 4 rings (SSSR count). The second-order valence-electron chi connectivity index (χ2n) is 7.86. The Balaban J connectivity index is 1.41. The monoisotopic (exact) mass is 424 g/mol. The molecule has 0 spiro atoms. The maximum Gasteiger partial charge on any atom is 0.408 e. The van der Waals surface area contributed by atoms with E-state index in [-0.39, 0.29) is 12.5 Å². The van der Waals surface area contributed by atoms with E-state index in [1.807, 2.05) is 36.4 Å². The van der Waals surface area contributed by atoms with E-state index in [2.05, 4.69) is 17.4 Å². The van der Waals surface area contributed by atoms with E-state index >= 15 is 0 Å². The minimum atomic E-state index is -1.19. The summed E-state index contributed by atoms with van der Waals surface area (Å²) in [5.41, 5.74) is 3.35. The number of fused-ring (bicyclic) bond motifs is 3. The number of aliphatic carboxylic acids is 1. The van der Waals surface area contributed by atoms with Crippen molar-refractivity contribution in [3.63, 3.8) is 0 Å². The number of alkyl carbamates (subject to hydrolysis) is 1. The van der Waals surface area contributed by atoms with Crippen LogP contribution in [-0.4, -0.2) is 53.9 Å². The number of nitrogens with one attached hydrogen (secondary N) is 1. The van der Waals surface area contributed by atoms with E-state index in [4.69, 9.17) is 14.7 Å². The van der Waals surface area contributed by atoms with E-state index in [9.17, 15) is 14.4 Å². The lowest BCUT2D eigenvalue weighted by molar-refractivity contribution is -0.194. The van der Waals surface area contributed by atoms with Crippen LogP contribution in [0.15, 0.2) is 48.5 Å². The third kappa shape index (κ3) is 3.98. The van der Waals surface area contributed by atoms with Crippen molar-refractivity contribution in [2.24, 2.45) is 0 Å². The van der Waals surface area contributed by atoms with E-state index in [1.165, 1.54) is 7.05 Å². The number of amides is 2. The summed E-state index contributed by atoms with van der Waals surface area (Å²) in [7, 11) is 1.34. The molecule has 0 radical (unpaired) electrons. The van der Waals surface area contributed by atoms with Gasteiger partial charge in [0.25, 0.3) is 5.91 Å². The topological polar surface area (TPSA) is 105 Å². The summed E-state index contributed by atoms with van der Waals surface area (Å²) in [6.07, 6.45) is 0.969. The van der Waals surface area contributed by atoms with Gasteiger partial charge in [-0.2, -0.15) is 0 Å². The number of hydrogen-bond acceptors (Lipinski definition) is 5. The standard InChI is InChI=1S/C23H24N2O6/c1-25(31-14-20(26)27)21(28)23(11-6-12-23)24-22(29)30-13-19-17-9-4-2-7-15(17)16-8-3-5-10-18(16)19/h2-5,7-10,19H,6,11-14H2,1H3,(H,24,29)(H,26,27). The first-order valence-electron chi connectivity index (χ1n) is 10.2. The molecule has 0 unspecified atom stereocenters. The summed E-state index contributed by atoms with van der Waals surface area (Å²) in [6, 6.07) is 16.1. The van der Waals surface area contributed by atoms with Crippen molar-refractivity contribution < 1.29 is 29.1 Å². The molecule has 0 bridgehead atoms. The van der Waals surface area contributed by atoms with Gasteiger partial charge in [0.2, 0.25) is 0 Å². The molecule has 8 nitrogen and oxygen atoms in total. The molecule has 2 aromatic carbocycles. The van der Waals surface area contributed by atoms with Gasteiger partial charge in [-0.25, -0.2) is 14.7 Å². The number of benzene rings is 2. The van der Waals surface area contributed by atoms with Crippen LogP contribution in [0.25, 0.3) is 11.1 Å². The third-order valence-corrected chi connectivity index (χ3v) is 5.97. The lowest BCUT2D eigenvalue weighted by atomic mass is 9.76. The Morgan fingerprint density at radius 2 is 1.65 bits per heavy atom. The van der Waals surface area contributed by atoms with Crippen LogP contribution in [0.5, 0.6) is 0 Å². The lowest BCUT2D eigenvalue weighted by Gasteiger charge is -2.42. The average Bonchev–Trinajstić information content (AvgIpc) is 3.06.